The van der Waals surface area contributed by atoms with Crippen molar-refractivity contribution in [2.24, 2.45) is 5.92 Å². The maximum atomic E-state index is 5.87. The summed E-state index contributed by atoms with van der Waals surface area (Å²) in [6.45, 7) is 8.21. The molecule has 0 radical (unpaired) electrons. The molecule has 0 saturated heterocycles. The van der Waals surface area contributed by atoms with Crippen LogP contribution in [0.1, 0.15) is 25.0 Å². The summed E-state index contributed by atoms with van der Waals surface area (Å²) in [7, 11) is 0. The van der Waals surface area contributed by atoms with E-state index in [1.165, 1.54) is 5.56 Å². The van der Waals surface area contributed by atoms with E-state index in [9.17, 15) is 0 Å². The fourth-order valence-electron chi connectivity index (χ4n) is 1.86. The molecule has 0 unspecified atom stereocenters. The number of pyridine rings is 1. The van der Waals surface area contributed by atoms with E-state index in [-0.39, 0.29) is 0 Å². The van der Waals surface area contributed by atoms with Crippen LogP contribution in [-0.2, 0) is 6.54 Å². The van der Waals surface area contributed by atoms with Gasteiger partial charge in [0, 0.05) is 18.3 Å². The molecule has 0 fully saturated rings. The van der Waals surface area contributed by atoms with Crippen LogP contribution in [0, 0.1) is 12.8 Å². The van der Waals surface area contributed by atoms with E-state index in [4.69, 9.17) is 4.74 Å². The molecule has 3 nitrogen and oxygen atoms in total. The van der Waals surface area contributed by atoms with Crippen LogP contribution in [0.4, 0.5) is 0 Å². The van der Waals surface area contributed by atoms with Gasteiger partial charge in [0.15, 0.2) is 0 Å². The van der Waals surface area contributed by atoms with E-state index in [0.29, 0.717) is 11.8 Å². The van der Waals surface area contributed by atoms with Crippen LogP contribution in [0.15, 0.2) is 42.6 Å². The molecule has 0 atom stereocenters. The average molecular weight is 270 g/mol. The minimum Gasteiger partial charge on any atom is -0.439 e. The second-order valence-corrected chi connectivity index (χ2v) is 5.41. The van der Waals surface area contributed by atoms with Crippen LogP contribution in [0.2, 0.25) is 0 Å². The maximum absolute atomic E-state index is 5.87. The van der Waals surface area contributed by atoms with Crippen LogP contribution >= 0.6 is 0 Å². The molecule has 3 heteroatoms. The Morgan fingerprint density at radius 2 is 1.90 bits per heavy atom. The van der Waals surface area contributed by atoms with Crippen LogP contribution in [0.5, 0.6) is 11.6 Å². The predicted molar refractivity (Wildman–Crippen MR) is 82.0 cm³/mol. The van der Waals surface area contributed by atoms with Crippen molar-refractivity contribution in [3.8, 4) is 11.6 Å². The van der Waals surface area contributed by atoms with Gasteiger partial charge in [0.05, 0.1) is 0 Å². The van der Waals surface area contributed by atoms with Gasteiger partial charge in [-0.05, 0) is 37.6 Å². The van der Waals surface area contributed by atoms with Crippen LogP contribution in [0.3, 0.4) is 0 Å². The van der Waals surface area contributed by atoms with Crippen molar-refractivity contribution in [3.63, 3.8) is 0 Å². The zero-order chi connectivity index (χ0) is 14.4. The van der Waals surface area contributed by atoms with E-state index in [2.05, 4.69) is 31.1 Å². The molecule has 1 aromatic heterocycles. The number of ether oxygens (including phenoxy) is 1. The summed E-state index contributed by atoms with van der Waals surface area (Å²) < 4.78 is 5.87. The number of nitrogens with one attached hydrogen (secondary N) is 1. The van der Waals surface area contributed by atoms with Crippen molar-refractivity contribution in [2.75, 3.05) is 6.54 Å². The van der Waals surface area contributed by atoms with Gasteiger partial charge in [-0.1, -0.05) is 37.6 Å². The minimum absolute atomic E-state index is 0.633. The largest absolute Gasteiger partial charge is 0.439 e. The predicted octanol–water partition coefficient (Wildman–Crippen LogP) is 3.93. The number of hydrogen-bond donors (Lipinski definition) is 1. The topological polar surface area (TPSA) is 34.1 Å². The summed E-state index contributed by atoms with van der Waals surface area (Å²) in [5, 5.41) is 3.42. The monoisotopic (exact) mass is 270 g/mol. The van der Waals surface area contributed by atoms with Crippen LogP contribution in [-0.4, -0.2) is 11.5 Å². The zero-order valence-electron chi connectivity index (χ0n) is 12.4. The minimum atomic E-state index is 0.633. The van der Waals surface area contributed by atoms with E-state index >= 15 is 0 Å². The molecule has 1 aromatic carbocycles. The fraction of sp³-hybridized carbons (Fsp3) is 0.353. The second-order valence-electron chi connectivity index (χ2n) is 5.41. The SMILES string of the molecule is Cc1ccc(Oc2ncccc2CNCC(C)C)cc1. The molecule has 2 rings (SSSR count). The summed E-state index contributed by atoms with van der Waals surface area (Å²) in [5.41, 5.74) is 2.30. The first-order valence-corrected chi connectivity index (χ1v) is 7.04. The van der Waals surface area contributed by atoms with E-state index < -0.39 is 0 Å². The molecule has 20 heavy (non-hydrogen) atoms. The number of nitrogens with zero attached hydrogens (tertiary/aromatic N) is 1. The van der Waals surface area contributed by atoms with Crippen molar-refractivity contribution in [1.29, 1.82) is 0 Å². The Hall–Kier alpha value is -1.87. The Morgan fingerprint density at radius 3 is 2.60 bits per heavy atom. The molecule has 0 aliphatic carbocycles. The lowest BCUT2D eigenvalue weighted by atomic mass is 10.2. The molecule has 0 amide bonds. The first-order valence-electron chi connectivity index (χ1n) is 7.04. The van der Waals surface area contributed by atoms with Crippen LogP contribution < -0.4 is 10.1 Å². The third-order valence-corrected chi connectivity index (χ3v) is 2.95. The molecule has 106 valence electrons. The third-order valence-electron chi connectivity index (χ3n) is 2.95. The first kappa shape index (κ1) is 14.5. The van der Waals surface area contributed by atoms with Gasteiger partial charge in [0.25, 0.3) is 0 Å². The van der Waals surface area contributed by atoms with Gasteiger partial charge >= 0.3 is 0 Å². The second kappa shape index (κ2) is 7.06. The third kappa shape index (κ3) is 4.35. The van der Waals surface area contributed by atoms with Crippen molar-refractivity contribution in [1.82, 2.24) is 10.3 Å². The molecular weight excluding hydrogens is 248 g/mol. The van der Waals surface area contributed by atoms with Crippen molar-refractivity contribution < 1.29 is 4.74 Å². The van der Waals surface area contributed by atoms with Gasteiger partial charge in [-0.3, -0.25) is 0 Å². The zero-order valence-corrected chi connectivity index (χ0v) is 12.4. The van der Waals surface area contributed by atoms with E-state index in [1.54, 1.807) is 6.20 Å². The Morgan fingerprint density at radius 1 is 1.15 bits per heavy atom. The molecule has 2 aromatic rings. The Kier molecular flexibility index (Phi) is 5.13. The quantitative estimate of drug-likeness (QED) is 0.863. The lowest BCUT2D eigenvalue weighted by Gasteiger charge is -2.12. The molecule has 0 spiro atoms. The highest BCUT2D eigenvalue weighted by molar-refractivity contribution is 5.33. The van der Waals surface area contributed by atoms with E-state index in [0.717, 1.165) is 24.4 Å². The van der Waals surface area contributed by atoms with Gasteiger partial charge in [-0.2, -0.15) is 0 Å². The number of rotatable bonds is 6. The number of aromatic nitrogens is 1. The summed E-state index contributed by atoms with van der Waals surface area (Å²) in [6, 6.07) is 12.0. The highest BCUT2D eigenvalue weighted by Crippen LogP contribution is 2.23. The number of benzene rings is 1. The number of hydrogen-bond acceptors (Lipinski definition) is 3. The van der Waals surface area contributed by atoms with Gasteiger partial charge < -0.3 is 10.1 Å². The molecule has 0 bridgehead atoms. The Balaban J connectivity index is 2.05. The Bertz CT molecular complexity index is 535. The number of aryl methyl sites for hydroxylation is 1. The van der Waals surface area contributed by atoms with Crippen molar-refractivity contribution in [3.05, 3.63) is 53.7 Å². The van der Waals surface area contributed by atoms with Crippen molar-refractivity contribution in [2.45, 2.75) is 27.3 Å². The molecule has 0 aliphatic heterocycles. The Labute approximate surface area is 121 Å². The summed E-state index contributed by atoms with van der Waals surface area (Å²) >= 11 is 0. The summed E-state index contributed by atoms with van der Waals surface area (Å²) in [5.74, 6) is 2.13. The van der Waals surface area contributed by atoms with Gasteiger partial charge in [-0.25, -0.2) is 4.98 Å². The summed E-state index contributed by atoms with van der Waals surface area (Å²) in [6.07, 6.45) is 1.76. The lowest BCUT2D eigenvalue weighted by molar-refractivity contribution is 0.450. The van der Waals surface area contributed by atoms with Gasteiger partial charge in [0.2, 0.25) is 5.88 Å². The van der Waals surface area contributed by atoms with Gasteiger partial charge in [0.1, 0.15) is 5.75 Å². The fourth-order valence-corrected chi connectivity index (χ4v) is 1.86. The van der Waals surface area contributed by atoms with Crippen LogP contribution in [0.25, 0.3) is 0 Å². The normalized spacial score (nSPS) is 10.8. The van der Waals surface area contributed by atoms with E-state index in [1.807, 2.05) is 36.4 Å². The highest BCUT2D eigenvalue weighted by atomic mass is 16.5. The maximum Gasteiger partial charge on any atom is 0.223 e. The molecule has 1 N–H and O–H groups in total. The average Bonchev–Trinajstić information content (AvgIpc) is 2.43. The first-order chi connectivity index (χ1) is 9.65. The van der Waals surface area contributed by atoms with Crippen molar-refractivity contribution >= 4 is 0 Å². The molecule has 1 heterocycles. The summed E-state index contributed by atoms with van der Waals surface area (Å²) in [4.78, 5) is 4.33. The standard InChI is InChI=1S/C17H22N2O/c1-13(2)11-18-12-15-5-4-10-19-17(15)20-16-8-6-14(3)7-9-16/h4-10,13,18H,11-12H2,1-3H3. The van der Waals surface area contributed by atoms with Gasteiger partial charge in [-0.15, -0.1) is 0 Å². The highest BCUT2D eigenvalue weighted by Gasteiger charge is 2.06. The molecule has 0 aliphatic rings. The molecule has 0 saturated carbocycles. The molecular formula is C17H22N2O. The smallest absolute Gasteiger partial charge is 0.223 e. The lowest BCUT2D eigenvalue weighted by Crippen LogP contribution is -2.19.